The van der Waals surface area contributed by atoms with Crippen molar-refractivity contribution in [3.8, 4) is 0 Å². The molecule has 0 atom stereocenters. The predicted octanol–water partition coefficient (Wildman–Crippen LogP) is 4.42. The quantitative estimate of drug-likeness (QED) is 0.455. The number of carbonyl (C=O) groups excluding carboxylic acids is 1. The van der Waals surface area contributed by atoms with E-state index >= 15 is 0 Å². The summed E-state index contributed by atoms with van der Waals surface area (Å²) < 4.78 is 39.7. The molecule has 0 N–H and O–H groups in total. The zero-order chi connectivity index (χ0) is 18.0. The lowest BCUT2D eigenvalue weighted by Gasteiger charge is -2.30. The van der Waals surface area contributed by atoms with Gasteiger partial charge >= 0.3 is 6.30 Å². The highest BCUT2D eigenvalue weighted by atomic mass is 32.1. The molecule has 0 radical (unpaired) electrons. The summed E-state index contributed by atoms with van der Waals surface area (Å²) in [7, 11) is 1.80. The highest BCUT2D eigenvalue weighted by molar-refractivity contribution is 7.13. The second kappa shape index (κ2) is 6.79. The van der Waals surface area contributed by atoms with E-state index in [1.165, 1.54) is 23.6 Å². The van der Waals surface area contributed by atoms with Gasteiger partial charge in [-0.1, -0.05) is 0 Å². The maximum atomic E-state index is 13.2. The number of azo groups is 1. The maximum absolute atomic E-state index is 13.2. The summed E-state index contributed by atoms with van der Waals surface area (Å²) in [5.74, 6) is 0. The van der Waals surface area contributed by atoms with E-state index < -0.39 is 6.30 Å². The molecule has 6 nitrogen and oxygen atoms in total. The molecule has 0 saturated heterocycles. The van der Waals surface area contributed by atoms with E-state index in [2.05, 4.69) is 15.2 Å². The fourth-order valence-corrected chi connectivity index (χ4v) is 3.13. The number of fused-ring (bicyclic) bond motifs is 1. The second-order valence-electron chi connectivity index (χ2n) is 5.45. The molecule has 132 valence electrons. The first-order valence-corrected chi connectivity index (χ1v) is 8.29. The first-order valence-electron chi connectivity index (χ1n) is 7.41. The number of aromatic nitrogens is 1. The van der Waals surface area contributed by atoms with E-state index in [4.69, 9.17) is 0 Å². The van der Waals surface area contributed by atoms with Crippen LogP contribution in [0.5, 0.6) is 0 Å². The fraction of sp³-hybridized carbons (Fsp3) is 0.333. The third kappa shape index (κ3) is 3.63. The Balaban J connectivity index is 2.12. The Labute approximate surface area is 145 Å². The van der Waals surface area contributed by atoms with Crippen molar-refractivity contribution in [1.82, 2.24) is 4.98 Å². The third-order valence-corrected chi connectivity index (χ3v) is 4.48. The third-order valence-electron chi connectivity index (χ3n) is 3.83. The van der Waals surface area contributed by atoms with E-state index in [0.717, 1.165) is 24.9 Å². The molecule has 1 amide bonds. The number of amides is 1. The summed E-state index contributed by atoms with van der Waals surface area (Å²) in [6.07, 6.45) is -1.97. The van der Waals surface area contributed by atoms with Crippen molar-refractivity contribution in [2.24, 2.45) is 10.2 Å². The van der Waals surface area contributed by atoms with Crippen LogP contribution >= 0.6 is 11.3 Å². The van der Waals surface area contributed by atoms with Crippen LogP contribution in [0.2, 0.25) is 0 Å². The Morgan fingerprint density at radius 3 is 2.80 bits per heavy atom. The summed E-state index contributed by atoms with van der Waals surface area (Å²) in [5.41, 5.74) is 1.16. The van der Waals surface area contributed by atoms with Crippen molar-refractivity contribution in [2.75, 3.05) is 23.4 Å². The number of aryl methyl sites for hydroxylation is 1. The zero-order valence-corrected chi connectivity index (χ0v) is 14.0. The Kier molecular flexibility index (Phi) is 4.71. The average Bonchev–Trinajstić information content (AvgIpc) is 3.06. The molecule has 0 unspecified atom stereocenters. The van der Waals surface area contributed by atoms with Crippen molar-refractivity contribution in [2.45, 2.75) is 19.1 Å². The van der Waals surface area contributed by atoms with Crippen molar-refractivity contribution >= 4 is 39.9 Å². The molecule has 1 aromatic carbocycles. The normalized spacial score (nSPS) is 14.6. The van der Waals surface area contributed by atoms with Gasteiger partial charge in [0.05, 0.1) is 5.69 Å². The minimum atomic E-state index is -4.85. The molecule has 0 spiro atoms. The Morgan fingerprint density at radius 2 is 2.16 bits per heavy atom. The highest BCUT2D eigenvalue weighted by Crippen LogP contribution is 2.41. The summed E-state index contributed by atoms with van der Waals surface area (Å²) in [5, 5.41) is 9.80. The smallest absolute Gasteiger partial charge is 0.374 e. The molecular weight excluding hydrogens is 355 g/mol. The Hall–Kier alpha value is -2.49. The van der Waals surface area contributed by atoms with Gasteiger partial charge < -0.3 is 4.90 Å². The molecule has 3 rings (SSSR count). The van der Waals surface area contributed by atoms with Crippen molar-refractivity contribution in [1.29, 1.82) is 0 Å². The van der Waals surface area contributed by atoms with E-state index in [1.54, 1.807) is 18.5 Å². The van der Waals surface area contributed by atoms with Gasteiger partial charge in [-0.05, 0) is 30.5 Å². The monoisotopic (exact) mass is 369 g/mol. The Bertz CT molecular complexity index is 791. The molecule has 25 heavy (non-hydrogen) atoms. The van der Waals surface area contributed by atoms with Crippen LogP contribution in [0.4, 0.5) is 35.4 Å². The van der Waals surface area contributed by atoms with Gasteiger partial charge in [0.2, 0.25) is 11.5 Å². The van der Waals surface area contributed by atoms with Crippen LogP contribution in [0.1, 0.15) is 12.0 Å². The largest absolute Gasteiger partial charge is 0.491 e. The van der Waals surface area contributed by atoms with Gasteiger partial charge in [0, 0.05) is 30.9 Å². The zero-order valence-electron chi connectivity index (χ0n) is 13.2. The summed E-state index contributed by atoms with van der Waals surface area (Å²) >= 11 is 1.21. The summed E-state index contributed by atoms with van der Waals surface area (Å²) in [6, 6.07) is 2.90. The fourth-order valence-electron chi connectivity index (χ4n) is 2.68. The maximum Gasteiger partial charge on any atom is 0.491 e. The minimum absolute atomic E-state index is 0.0197. The van der Waals surface area contributed by atoms with E-state index in [0.29, 0.717) is 10.8 Å². The molecule has 0 bridgehead atoms. The SMILES string of the molecule is CN1CCCc2cc(N=Nc3nccs3)c(N(C=O)C(F)(F)F)cc21. The lowest BCUT2D eigenvalue weighted by atomic mass is 10.0. The predicted molar refractivity (Wildman–Crippen MR) is 88.9 cm³/mol. The molecule has 1 aromatic heterocycles. The molecular formula is C15H14F3N5OS. The minimum Gasteiger partial charge on any atom is -0.374 e. The number of rotatable bonds is 4. The van der Waals surface area contributed by atoms with Gasteiger partial charge in [0.25, 0.3) is 0 Å². The van der Waals surface area contributed by atoms with Crippen LogP contribution in [-0.2, 0) is 11.2 Å². The number of carbonyl (C=O) groups is 1. The summed E-state index contributed by atoms with van der Waals surface area (Å²) in [4.78, 5) is 16.6. The van der Waals surface area contributed by atoms with Gasteiger partial charge in [-0.15, -0.1) is 34.7 Å². The number of hydrogen-bond acceptors (Lipinski definition) is 6. The highest BCUT2D eigenvalue weighted by Gasteiger charge is 2.39. The summed E-state index contributed by atoms with van der Waals surface area (Å²) in [6.45, 7) is 0.736. The van der Waals surface area contributed by atoms with Crippen LogP contribution in [-0.4, -0.2) is 31.3 Å². The number of nitrogens with zero attached hydrogens (tertiary/aromatic N) is 5. The molecule has 0 saturated carbocycles. The van der Waals surface area contributed by atoms with E-state index in [9.17, 15) is 18.0 Å². The molecule has 10 heteroatoms. The topological polar surface area (TPSA) is 61.2 Å². The number of alkyl halides is 3. The van der Waals surface area contributed by atoms with Crippen LogP contribution in [0.3, 0.4) is 0 Å². The molecule has 1 aliphatic heterocycles. The number of thiazole rings is 1. The number of anilines is 2. The van der Waals surface area contributed by atoms with Crippen molar-refractivity contribution in [3.05, 3.63) is 29.3 Å². The van der Waals surface area contributed by atoms with Crippen LogP contribution in [0.25, 0.3) is 0 Å². The van der Waals surface area contributed by atoms with Gasteiger partial charge in [-0.2, -0.15) is 0 Å². The number of halogens is 3. The lowest BCUT2D eigenvalue weighted by molar-refractivity contribution is -0.141. The molecule has 2 aromatic rings. The standard InChI is InChI=1S/C15H14F3N5OS/c1-22-5-2-3-10-7-11(20-21-14-19-4-6-25-14)13(8-12(10)22)23(9-24)15(16,17)18/h4,6-9H,2-3,5H2,1H3. The van der Waals surface area contributed by atoms with Crippen LogP contribution < -0.4 is 9.80 Å². The average molecular weight is 369 g/mol. The number of benzene rings is 1. The number of hydrogen-bond donors (Lipinski definition) is 0. The molecule has 0 fully saturated rings. The Morgan fingerprint density at radius 1 is 1.36 bits per heavy atom. The van der Waals surface area contributed by atoms with Gasteiger partial charge in [0.15, 0.2) is 0 Å². The van der Waals surface area contributed by atoms with E-state index in [-0.39, 0.29) is 22.7 Å². The lowest BCUT2D eigenvalue weighted by Crippen LogP contribution is -2.37. The molecule has 2 heterocycles. The van der Waals surface area contributed by atoms with Crippen LogP contribution in [0.15, 0.2) is 33.9 Å². The van der Waals surface area contributed by atoms with Crippen molar-refractivity contribution in [3.63, 3.8) is 0 Å². The van der Waals surface area contributed by atoms with E-state index in [1.807, 2.05) is 4.90 Å². The van der Waals surface area contributed by atoms with Gasteiger partial charge in [0.1, 0.15) is 5.69 Å². The first kappa shape index (κ1) is 17.3. The molecule has 1 aliphatic rings. The molecule has 0 aliphatic carbocycles. The van der Waals surface area contributed by atoms with Crippen molar-refractivity contribution < 1.29 is 18.0 Å². The van der Waals surface area contributed by atoms with Crippen LogP contribution in [0, 0.1) is 0 Å². The van der Waals surface area contributed by atoms with Gasteiger partial charge in [-0.25, -0.2) is 9.88 Å². The first-order chi connectivity index (χ1) is 11.9. The van der Waals surface area contributed by atoms with Gasteiger partial charge in [-0.3, -0.25) is 4.79 Å². The second-order valence-corrected chi connectivity index (χ2v) is 6.33.